The number of anilines is 1. The Kier molecular flexibility index (Phi) is 2.89. The number of halogens is 1. The summed E-state index contributed by atoms with van der Waals surface area (Å²) in [6.07, 6.45) is 1.23. The number of benzene rings is 1. The molecule has 20 heavy (non-hydrogen) atoms. The monoisotopic (exact) mass is 286 g/mol. The van der Waals surface area contributed by atoms with E-state index in [2.05, 4.69) is 9.97 Å². The fourth-order valence-corrected chi connectivity index (χ4v) is 1.87. The van der Waals surface area contributed by atoms with E-state index >= 15 is 0 Å². The molecule has 0 spiro atoms. The van der Waals surface area contributed by atoms with Gasteiger partial charge in [-0.15, -0.1) is 0 Å². The minimum atomic E-state index is 0.0412. The number of nitrogens with zero attached hydrogens (tertiary/aromatic N) is 3. The smallest absolute Gasteiger partial charge is 0.247 e. The zero-order chi connectivity index (χ0) is 14.1. The Morgan fingerprint density at radius 2 is 2.10 bits per heavy atom. The molecule has 0 bridgehead atoms. The zero-order valence-electron chi connectivity index (χ0n) is 10.0. The van der Waals surface area contributed by atoms with Gasteiger partial charge in [-0.05, 0) is 12.1 Å². The van der Waals surface area contributed by atoms with E-state index in [0.717, 1.165) is 0 Å². The lowest BCUT2D eigenvalue weighted by molar-refractivity contribution is 0.450. The molecule has 7 heteroatoms. The second-order valence-corrected chi connectivity index (χ2v) is 4.23. The molecule has 0 unspecified atom stereocenters. The van der Waals surface area contributed by atoms with Crippen molar-refractivity contribution in [3.8, 4) is 17.7 Å². The Hall–Kier alpha value is -2.78. The van der Waals surface area contributed by atoms with Crippen molar-refractivity contribution in [1.29, 1.82) is 5.26 Å². The highest BCUT2D eigenvalue weighted by molar-refractivity contribution is 6.34. The Balaban J connectivity index is 2.15. The molecule has 6 nitrogen and oxygen atoms in total. The molecule has 0 aliphatic rings. The normalized spacial score (nSPS) is 10.4. The van der Waals surface area contributed by atoms with Crippen LogP contribution in [0.3, 0.4) is 0 Å². The Bertz CT molecular complexity index is 838. The van der Waals surface area contributed by atoms with Crippen LogP contribution in [0.1, 0.15) is 5.76 Å². The fraction of sp³-hybridized carbons (Fsp3) is 0. The second-order valence-electron chi connectivity index (χ2n) is 3.85. The standard InChI is InChI=1S/C13H7ClN4O2/c14-10-12(16)17-6-18-13(10)20-11-7-3-1-2-4-8(7)19-9(11)5-15/h1-4,6H,(H2,16,17,18). The summed E-state index contributed by atoms with van der Waals surface area (Å²) in [7, 11) is 0. The molecule has 2 aromatic heterocycles. The molecule has 0 atom stereocenters. The molecular weight excluding hydrogens is 280 g/mol. The maximum Gasteiger partial charge on any atom is 0.247 e. The van der Waals surface area contributed by atoms with Gasteiger partial charge in [0.05, 0.1) is 5.39 Å². The zero-order valence-corrected chi connectivity index (χ0v) is 10.8. The molecule has 0 aliphatic heterocycles. The fourth-order valence-electron chi connectivity index (χ4n) is 1.73. The molecule has 0 fully saturated rings. The maximum atomic E-state index is 9.11. The number of nitrogens with two attached hydrogens (primary N) is 1. The van der Waals surface area contributed by atoms with Gasteiger partial charge in [-0.1, -0.05) is 23.7 Å². The first-order chi connectivity index (χ1) is 9.70. The summed E-state index contributed by atoms with van der Waals surface area (Å²) in [5.41, 5.74) is 6.12. The van der Waals surface area contributed by atoms with E-state index in [1.165, 1.54) is 6.33 Å². The minimum Gasteiger partial charge on any atom is -0.442 e. The van der Waals surface area contributed by atoms with Crippen molar-refractivity contribution in [3.63, 3.8) is 0 Å². The van der Waals surface area contributed by atoms with Crippen LogP contribution in [-0.4, -0.2) is 9.97 Å². The van der Waals surface area contributed by atoms with Gasteiger partial charge in [-0.3, -0.25) is 0 Å². The van der Waals surface area contributed by atoms with Crippen LogP contribution < -0.4 is 10.5 Å². The van der Waals surface area contributed by atoms with Gasteiger partial charge < -0.3 is 14.9 Å². The molecule has 1 aromatic carbocycles. The van der Waals surface area contributed by atoms with Crippen molar-refractivity contribution in [2.45, 2.75) is 0 Å². The van der Waals surface area contributed by atoms with Crippen LogP contribution in [0, 0.1) is 11.3 Å². The molecule has 3 aromatic rings. The van der Waals surface area contributed by atoms with Gasteiger partial charge in [0.1, 0.15) is 28.8 Å². The quantitative estimate of drug-likeness (QED) is 0.777. The number of para-hydroxylation sites is 1. The maximum absolute atomic E-state index is 9.11. The van der Waals surface area contributed by atoms with Gasteiger partial charge in [0, 0.05) is 0 Å². The van der Waals surface area contributed by atoms with Gasteiger partial charge >= 0.3 is 0 Å². The van der Waals surface area contributed by atoms with E-state index in [1.54, 1.807) is 18.2 Å². The SMILES string of the molecule is N#Cc1oc2ccccc2c1Oc1ncnc(N)c1Cl. The molecule has 0 saturated carbocycles. The topological polar surface area (TPSA) is 98.0 Å². The summed E-state index contributed by atoms with van der Waals surface area (Å²) in [6, 6.07) is 9.04. The largest absolute Gasteiger partial charge is 0.442 e. The van der Waals surface area contributed by atoms with Gasteiger partial charge in [0.25, 0.3) is 0 Å². The van der Waals surface area contributed by atoms with E-state index in [4.69, 9.17) is 31.8 Å². The highest BCUT2D eigenvalue weighted by Gasteiger charge is 2.18. The van der Waals surface area contributed by atoms with Crippen molar-refractivity contribution >= 4 is 28.4 Å². The van der Waals surface area contributed by atoms with Crippen LogP contribution >= 0.6 is 11.6 Å². The number of fused-ring (bicyclic) bond motifs is 1. The first-order valence-corrected chi connectivity index (χ1v) is 5.94. The molecule has 2 N–H and O–H groups in total. The first-order valence-electron chi connectivity index (χ1n) is 5.56. The van der Waals surface area contributed by atoms with E-state index in [1.807, 2.05) is 12.1 Å². The predicted molar refractivity (Wildman–Crippen MR) is 72.5 cm³/mol. The molecule has 0 aliphatic carbocycles. The van der Waals surface area contributed by atoms with Crippen LogP contribution in [-0.2, 0) is 0 Å². The summed E-state index contributed by atoms with van der Waals surface area (Å²) in [5, 5.41) is 9.84. The van der Waals surface area contributed by atoms with Gasteiger partial charge in [0.15, 0.2) is 5.75 Å². The summed E-state index contributed by atoms with van der Waals surface area (Å²) in [6.45, 7) is 0. The van der Waals surface area contributed by atoms with Crippen LogP contribution in [0.5, 0.6) is 11.6 Å². The van der Waals surface area contributed by atoms with Crippen molar-refractivity contribution in [3.05, 3.63) is 41.4 Å². The van der Waals surface area contributed by atoms with E-state index < -0.39 is 0 Å². The van der Waals surface area contributed by atoms with E-state index in [9.17, 15) is 0 Å². The third-order valence-electron chi connectivity index (χ3n) is 2.63. The Morgan fingerprint density at radius 1 is 1.30 bits per heavy atom. The lowest BCUT2D eigenvalue weighted by atomic mass is 10.2. The van der Waals surface area contributed by atoms with E-state index in [-0.39, 0.29) is 28.2 Å². The number of nitrogen functional groups attached to an aromatic ring is 1. The third kappa shape index (κ3) is 1.90. The lowest BCUT2D eigenvalue weighted by Crippen LogP contribution is -1.96. The van der Waals surface area contributed by atoms with Crippen LogP contribution in [0.15, 0.2) is 35.0 Å². The van der Waals surface area contributed by atoms with Gasteiger partial charge in [-0.25, -0.2) is 4.98 Å². The first kappa shape index (κ1) is 12.3. The molecule has 0 saturated heterocycles. The highest BCUT2D eigenvalue weighted by Crippen LogP contribution is 2.37. The molecular formula is C13H7ClN4O2. The van der Waals surface area contributed by atoms with Crippen molar-refractivity contribution < 1.29 is 9.15 Å². The summed E-state index contributed by atoms with van der Waals surface area (Å²) >= 11 is 5.97. The summed E-state index contributed by atoms with van der Waals surface area (Å²) in [4.78, 5) is 7.64. The number of ether oxygens (including phenoxy) is 1. The van der Waals surface area contributed by atoms with E-state index in [0.29, 0.717) is 11.0 Å². The number of furan rings is 1. The average Bonchev–Trinajstić information content (AvgIpc) is 2.82. The Morgan fingerprint density at radius 3 is 2.90 bits per heavy atom. The molecule has 98 valence electrons. The van der Waals surface area contributed by atoms with Gasteiger partial charge in [-0.2, -0.15) is 10.2 Å². The molecule has 2 heterocycles. The predicted octanol–water partition coefficient (Wildman–Crippen LogP) is 3.12. The average molecular weight is 287 g/mol. The number of hydrogen-bond donors (Lipinski definition) is 1. The number of hydrogen-bond acceptors (Lipinski definition) is 6. The van der Waals surface area contributed by atoms with Crippen molar-refractivity contribution in [2.75, 3.05) is 5.73 Å². The minimum absolute atomic E-state index is 0.0412. The third-order valence-corrected chi connectivity index (χ3v) is 2.99. The second kappa shape index (κ2) is 4.72. The number of rotatable bonds is 2. The molecule has 3 rings (SSSR count). The van der Waals surface area contributed by atoms with Gasteiger partial charge in [0.2, 0.25) is 11.6 Å². The van der Waals surface area contributed by atoms with Crippen molar-refractivity contribution in [2.24, 2.45) is 0 Å². The Labute approximate surface area is 118 Å². The van der Waals surface area contributed by atoms with Crippen LogP contribution in [0.4, 0.5) is 5.82 Å². The summed E-state index contributed by atoms with van der Waals surface area (Å²) in [5.74, 6) is 0.466. The molecule has 0 radical (unpaired) electrons. The number of nitriles is 1. The number of aromatic nitrogens is 2. The molecule has 0 amide bonds. The van der Waals surface area contributed by atoms with Crippen LogP contribution in [0.2, 0.25) is 5.02 Å². The highest BCUT2D eigenvalue weighted by atomic mass is 35.5. The summed E-state index contributed by atoms with van der Waals surface area (Å²) < 4.78 is 11.0. The van der Waals surface area contributed by atoms with Crippen LogP contribution in [0.25, 0.3) is 11.0 Å². The van der Waals surface area contributed by atoms with Crippen molar-refractivity contribution in [1.82, 2.24) is 9.97 Å². The lowest BCUT2D eigenvalue weighted by Gasteiger charge is -2.05.